The van der Waals surface area contributed by atoms with Crippen LogP contribution in [0.3, 0.4) is 0 Å². The Bertz CT molecular complexity index is 952. The molecule has 0 radical (unpaired) electrons. The van der Waals surface area contributed by atoms with Crippen molar-refractivity contribution in [3.05, 3.63) is 45.7 Å². The zero-order chi connectivity index (χ0) is 19.8. The number of hydrogen-bond acceptors (Lipinski definition) is 3. The molecule has 0 unspecified atom stereocenters. The van der Waals surface area contributed by atoms with E-state index >= 15 is 0 Å². The van der Waals surface area contributed by atoms with Gasteiger partial charge in [-0.1, -0.05) is 75.1 Å². The van der Waals surface area contributed by atoms with E-state index in [-0.39, 0.29) is 11.0 Å². The van der Waals surface area contributed by atoms with Crippen LogP contribution < -0.4 is 5.56 Å². The number of nitrogens with zero attached hydrogens (tertiary/aromatic N) is 2. The average molecular weight is 409 g/mol. The second-order valence-corrected chi connectivity index (χ2v) is 10.5. The predicted octanol–water partition coefficient (Wildman–Crippen LogP) is 5.97. The summed E-state index contributed by atoms with van der Waals surface area (Å²) in [5.74, 6) is 1.66. The van der Waals surface area contributed by atoms with Crippen molar-refractivity contribution < 1.29 is 0 Å². The highest BCUT2D eigenvalue weighted by molar-refractivity contribution is 7.99. The van der Waals surface area contributed by atoms with Crippen LogP contribution in [0.1, 0.15) is 75.8 Å². The lowest BCUT2D eigenvalue weighted by atomic mass is 9.68. The molecule has 1 heterocycles. The van der Waals surface area contributed by atoms with Gasteiger partial charge in [0.05, 0.1) is 11.3 Å². The molecule has 2 fully saturated rings. The fraction of sp³-hybridized carbons (Fsp3) is 0.600. The van der Waals surface area contributed by atoms with E-state index in [1.54, 1.807) is 11.8 Å². The molecule has 2 saturated carbocycles. The average Bonchev–Trinajstić information content (AvgIpc) is 3.19. The van der Waals surface area contributed by atoms with E-state index < -0.39 is 0 Å². The van der Waals surface area contributed by atoms with Gasteiger partial charge in [0.15, 0.2) is 5.16 Å². The van der Waals surface area contributed by atoms with Crippen molar-refractivity contribution in [1.29, 1.82) is 0 Å². The summed E-state index contributed by atoms with van der Waals surface area (Å²) in [5, 5.41) is 0.937. The smallest absolute Gasteiger partial charge is 0.278 e. The Morgan fingerprint density at radius 1 is 1.10 bits per heavy atom. The molecule has 3 aliphatic rings. The molecule has 1 aromatic heterocycles. The highest BCUT2D eigenvalue weighted by atomic mass is 32.2. The van der Waals surface area contributed by atoms with Crippen LogP contribution in [0.4, 0.5) is 0 Å². The van der Waals surface area contributed by atoms with Gasteiger partial charge in [0.25, 0.3) is 5.56 Å². The van der Waals surface area contributed by atoms with E-state index in [9.17, 15) is 4.79 Å². The summed E-state index contributed by atoms with van der Waals surface area (Å²) in [5.41, 5.74) is 5.04. The lowest BCUT2D eigenvalue weighted by Gasteiger charge is -2.38. The van der Waals surface area contributed by atoms with E-state index in [4.69, 9.17) is 4.98 Å². The third kappa shape index (κ3) is 3.37. The maximum atomic E-state index is 13.4. The van der Waals surface area contributed by atoms with Crippen LogP contribution in [-0.4, -0.2) is 15.3 Å². The van der Waals surface area contributed by atoms with Gasteiger partial charge in [0.2, 0.25) is 0 Å². The lowest BCUT2D eigenvalue weighted by molar-refractivity contribution is 0.306. The third-order valence-corrected chi connectivity index (χ3v) is 8.34. The summed E-state index contributed by atoms with van der Waals surface area (Å²) < 4.78 is 2.47. The lowest BCUT2D eigenvalue weighted by Crippen LogP contribution is -2.39. The van der Waals surface area contributed by atoms with Gasteiger partial charge in [-0.3, -0.25) is 4.79 Å². The Labute approximate surface area is 178 Å². The van der Waals surface area contributed by atoms with E-state index in [1.807, 2.05) is 0 Å². The van der Waals surface area contributed by atoms with Gasteiger partial charge in [-0.2, -0.15) is 4.98 Å². The first-order valence-electron chi connectivity index (χ1n) is 11.6. The molecule has 2 aromatic rings. The molecule has 3 nitrogen and oxygen atoms in total. The molecular formula is C25H32N2OS. The van der Waals surface area contributed by atoms with E-state index in [0.29, 0.717) is 5.92 Å². The van der Waals surface area contributed by atoms with Gasteiger partial charge in [-0.05, 0) is 49.3 Å². The molecule has 0 aliphatic heterocycles. The van der Waals surface area contributed by atoms with Crippen molar-refractivity contribution in [1.82, 2.24) is 9.55 Å². The Hall–Kier alpha value is -1.55. The molecule has 5 rings (SSSR count). The number of fused-ring (bicyclic) bond motifs is 4. The van der Waals surface area contributed by atoms with Crippen molar-refractivity contribution in [2.45, 2.75) is 88.2 Å². The molecule has 0 bridgehead atoms. The molecule has 1 aromatic carbocycles. The number of aromatic nitrogens is 2. The number of thioether (sulfide) groups is 1. The van der Waals surface area contributed by atoms with Crippen LogP contribution in [0.25, 0.3) is 11.3 Å². The molecular weight excluding hydrogens is 376 g/mol. The van der Waals surface area contributed by atoms with Crippen LogP contribution in [-0.2, 0) is 18.4 Å². The quantitative estimate of drug-likeness (QED) is 0.462. The van der Waals surface area contributed by atoms with Gasteiger partial charge < -0.3 is 4.57 Å². The molecule has 0 saturated heterocycles. The SMILES string of the molecule is CCSc1nc(=O)c2c(n1CC1CCCCC1)-c1ccccc1CC21CCCC1. The van der Waals surface area contributed by atoms with Crippen LogP contribution >= 0.6 is 11.8 Å². The summed E-state index contributed by atoms with van der Waals surface area (Å²) in [6.45, 7) is 3.18. The first-order valence-corrected chi connectivity index (χ1v) is 12.6. The minimum absolute atomic E-state index is 0.0114. The van der Waals surface area contributed by atoms with Crippen molar-refractivity contribution >= 4 is 11.8 Å². The van der Waals surface area contributed by atoms with Crippen molar-refractivity contribution in [3.8, 4) is 11.3 Å². The monoisotopic (exact) mass is 408 g/mol. The minimum atomic E-state index is 0.0114. The summed E-state index contributed by atoms with van der Waals surface area (Å²) in [7, 11) is 0. The van der Waals surface area contributed by atoms with Crippen LogP contribution in [0.5, 0.6) is 0 Å². The Kier molecular flexibility index (Phi) is 5.32. The third-order valence-electron chi connectivity index (χ3n) is 7.48. The fourth-order valence-electron chi connectivity index (χ4n) is 6.17. The molecule has 3 aliphatic carbocycles. The summed E-state index contributed by atoms with van der Waals surface area (Å²) >= 11 is 1.73. The highest BCUT2D eigenvalue weighted by Crippen LogP contribution is 2.50. The minimum Gasteiger partial charge on any atom is -0.319 e. The maximum absolute atomic E-state index is 13.4. The highest BCUT2D eigenvalue weighted by Gasteiger charge is 2.44. The van der Waals surface area contributed by atoms with Gasteiger partial charge in [0.1, 0.15) is 0 Å². The molecule has 154 valence electrons. The van der Waals surface area contributed by atoms with E-state index in [1.165, 1.54) is 61.8 Å². The van der Waals surface area contributed by atoms with Crippen LogP contribution in [0.2, 0.25) is 0 Å². The number of benzene rings is 1. The summed E-state index contributed by atoms with van der Waals surface area (Å²) in [6, 6.07) is 8.84. The normalized spacial score (nSPS) is 20.6. The van der Waals surface area contributed by atoms with Gasteiger partial charge in [-0.15, -0.1) is 0 Å². The van der Waals surface area contributed by atoms with Crippen LogP contribution in [0.15, 0.2) is 34.2 Å². The molecule has 0 N–H and O–H groups in total. The molecule has 0 atom stereocenters. The fourth-order valence-corrected chi connectivity index (χ4v) is 6.89. The standard InChI is InChI=1S/C25H32N2OS/c1-2-29-24-26-23(28)21-22(27(24)17-18-10-4-3-5-11-18)20-13-7-6-12-19(20)16-25(21)14-8-9-15-25/h6-7,12-13,18H,2-5,8-11,14-17H2,1H3. The Morgan fingerprint density at radius 3 is 2.62 bits per heavy atom. The maximum Gasteiger partial charge on any atom is 0.278 e. The first kappa shape index (κ1) is 19.4. The zero-order valence-electron chi connectivity index (χ0n) is 17.6. The zero-order valence-corrected chi connectivity index (χ0v) is 18.4. The Morgan fingerprint density at radius 2 is 1.86 bits per heavy atom. The van der Waals surface area contributed by atoms with Gasteiger partial charge in [-0.25, -0.2) is 0 Å². The van der Waals surface area contributed by atoms with Crippen molar-refractivity contribution in [2.75, 3.05) is 5.75 Å². The van der Waals surface area contributed by atoms with Gasteiger partial charge in [0, 0.05) is 17.5 Å². The number of rotatable bonds is 4. The molecule has 29 heavy (non-hydrogen) atoms. The topological polar surface area (TPSA) is 34.9 Å². The summed E-state index contributed by atoms with van der Waals surface area (Å²) in [4.78, 5) is 18.1. The Balaban J connectivity index is 1.74. The predicted molar refractivity (Wildman–Crippen MR) is 121 cm³/mol. The molecule has 4 heteroatoms. The molecule has 1 spiro atoms. The van der Waals surface area contributed by atoms with Crippen LogP contribution in [0, 0.1) is 5.92 Å². The second-order valence-electron chi connectivity index (χ2n) is 9.29. The first-order chi connectivity index (χ1) is 14.2. The largest absolute Gasteiger partial charge is 0.319 e. The van der Waals surface area contributed by atoms with E-state index in [2.05, 4.69) is 35.8 Å². The summed E-state index contributed by atoms with van der Waals surface area (Å²) in [6.07, 6.45) is 12.4. The van der Waals surface area contributed by atoms with Crippen molar-refractivity contribution in [2.24, 2.45) is 5.92 Å². The van der Waals surface area contributed by atoms with Gasteiger partial charge >= 0.3 is 0 Å². The van der Waals surface area contributed by atoms with Crippen molar-refractivity contribution in [3.63, 3.8) is 0 Å². The number of hydrogen-bond donors (Lipinski definition) is 0. The second kappa shape index (κ2) is 7.94. The molecule has 0 amide bonds. The van der Waals surface area contributed by atoms with E-state index in [0.717, 1.165) is 42.3 Å².